The van der Waals surface area contributed by atoms with Crippen LogP contribution in [-0.4, -0.2) is 11.0 Å². The molecule has 0 aromatic carbocycles. The van der Waals surface area contributed by atoms with Crippen molar-refractivity contribution >= 4 is 17.3 Å². The van der Waals surface area contributed by atoms with Crippen molar-refractivity contribution < 1.29 is 0 Å². The predicted molar refractivity (Wildman–Crippen MR) is 59.8 cm³/mol. The van der Waals surface area contributed by atoms with Crippen LogP contribution in [0, 0.1) is 12.8 Å². The zero-order valence-corrected chi connectivity index (χ0v) is 9.30. The van der Waals surface area contributed by atoms with Crippen molar-refractivity contribution in [2.24, 2.45) is 5.92 Å². The van der Waals surface area contributed by atoms with Gasteiger partial charge in [-0.1, -0.05) is 18.5 Å². The van der Waals surface area contributed by atoms with E-state index in [1.165, 1.54) is 18.4 Å². The topological polar surface area (TPSA) is 24.9 Å². The standard InChI is InChI=1S/C11H15ClN2/c1-7-3-9(4-7)14-10-6-13-11(12)5-8(10)2/h5-7,9,14H,3-4H2,1-2H3. The predicted octanol–water partition coefficient (Wildman–Crippen LogP) is 3.25. The molecule has 1 heterocycles. The molecule has 1 fully saturated rings. The van der Waals surface area contributed by atoms with E-state index in [-0.39, 0.29) is 0 Å². The normalized spacial score (nSPS) is 25.6. The van der Waals surface area contributed by atoms with Crippen LogP contribution < -0.4 is 5.32 Å². The highest BCUT2D eigenvalue weighted by atomic mass is 35.5. The van der Waals surface area contributed by atoms with Crippen molar-refractivity contribution in [2.75, 3.05) is 5.32 Å². The summed E-state index contributed by atoms with van der Waals surface area (Å²) >= 11 is 5.79. The highest BCUT2D eigenvalue weighted by molar-refractivity contribution is 6.29. The second-order valence-electron chi connectivity index (χ2n) is 4.24. The molecule has 2 rings (SSSR count). The third-order valence-electron chi connectivity index (χ3n) is 2.81. The monoisotopic (exact) mass is 210 g/mol. The van der Waals surface area contributed by atoms with Crippen LogP contribution in [0.5, 0.6) is 0 Å². The highest BCUT2D eigenvalue weighted by Crippen LogP contribution is 2.30. The van der Waals surface area contributed by atoms with E-state index in [1.54, 1.807) is 0 Å². The molecule has 1 saturated carbocycles. The number of hydrogen-bond acceptors (Lipinski definition) is 2. The number of aryl methyl sites for hydroxylation is 1. The molecule has 3 heteroatoms. The minimum absolute atomic E-state index is 0.565. The lowest BCUT2D eigenvalue weighted by molar-refractivity contribution is 0.309. The summed E-state index contributed by atoms with van der Waals surface area (Å²) in [5.74, 6) is 0.869. The maximum atomic E-state index is 5.79. The summed E-state index contributed by atoms with van der Waals surface area (Å²) in [5.41, 5.74) is 2.29. The molecule has 0 aliphatic heterocycles. The molecule has 1 aliphatic carbocycles. The van der Waals surface area contributed by atoms with E-state index < -0.39 is 0 Å². The summed E-state index contributed by atoms with van der Waals surface area (Å²) in [7, 11) is 0. The average Bonchev–Trinajstić information content (AvgIpc) is 2.06. The number of hydrogen-bond donors (Lipinski definition) is 1. The first-order valence-corrected chi connectivity index (χ1v) is 5.41. The molecule has 0 amide bonds. The minimum atomic E-state index is 0.565. The molecule has 76 valence electrons. The minimum Gasteiger partial charge on any atom is -0.381 e. The van der Waals surface area contributed by atoms with E-state index in [4.69, 9.17) is 11.6 Å². The lowest BCUT2D eigenvalue weighted by Crippen LogP contribution is -2.34. The third kappa shape index (κ3) is 2.01. The van der Waals surface area contributed by atoms with Crippen LogP contribution in [0.3, 0.4) is 0 Å². The van der Waals surface area contributed by atoms with Crippen LogP contribution in [0.15, 0.2) is 12.3 Å². The van der Waals surface area contributed by atoms with Gasteiger partial charge in [0.15, 0.2) is 0 Å². The second kappa shape index (κ2) is 3.77. The Hall–Kier alpha value is -0.760. The summed E-state index contributed by atoms with van der Waals surface area (Å²) in [6.07, 6.45) is 4.35. The van der Waals surface area contributed by atoms with Crippen molar-refractivity contribution in [3.63, 3.8) is 0 Å². The summed E-state index contributed by atoms with van der Waals surface area (Å²) in [4.78, 5) is 4.07. The number of pyridine rings is 1. The van der Waals surface area contributed by atoms with Gasteiger partial charge in [0.25, 0.3) is 0 Å². The number of aromatic nitrogens is 1. The number of nitrogens with zero attached hydrogens (tertiary/aromatic N) is 1. The number of anilines is 1. The molecule has 0 unspecified atom stereocenters. The summed E-state index contributed by atoms with van der Waals surface area (Å²) < 4.78 is 0. The van der Waals surface area contributed by atoms with E-state index >= 15 is 0 Å². The fraction of sp³-hybridized carbons (Fsp3) is 0.545. The van der Waals surface area contributed by atoms with Crippen molar-refractivity contribution in [2.45, 2.75) is 32.7 Å². The molecule has 0 radical (unpaired) electrons. The summed E-state index contributed by atoms with van der Waals surface area (Å²) in [6, 6.07) is 2.53. The van der Waals surface area contributed by atoms with Gasteiger partial charge in [0.2, 0.25) is 0 Å². The maximum absolute atomic E-state index is 5.79. The second-order valence-corrected chi connectivity index (χ2v) is 4.63. The Kier molecular flexibility index (Phi) is 2.64. The van der Waals surface area contributed by atoms with Crippen LogP contribution in [0.4, 0.5) is 5.69 Å². The molecule has 1 aromatic heterocycles. The zero-order chi connectivity index (χ0) is 10.1. The van der Waals surface area contributed by atoms with E-state index in [9.17, 15) is 0 Å². The van der Waals surface area contributed by atoms with Crippen molar-refractivity contribution in [1.82, 2.24) is 4.98 Å². The maximum Gasteiger partial charge on any atom is 0.129 e. The first-order chi connectivity index (χ1) is 6.65. The fourth-order valence-electron chi connectivity index (χ4n) is 1.91. The third-order valence-corrected chi connectivity index (χ3v) is 3.02. The van der Waals surface area contributed by atoms with E-state index in [2.05, 4.69) is 24.1 Å². The van der Waals surface area contributed by atoms with Gasteiger partial charge >= 0.3 is 0 Å². The largest absolute Gasteiger partial charge is 0.381 e. The van der Waals surface area contributed by atoms with E-state index in [0.29, 0.717) is 11.2 Å². The Morgan fingerprint density at radius 2 is 2.21 bits per heavy atom. The van der Waals surface area contributed by atoms with Gasteiger partial charge in [-0.25, -0.2) is 4.98 Å². The Morgan fingerprint density at radius 3 is 2.79 bits per heavy atom. The Labute approximate surface area is 89.7 Å². The molecular weight excluding hydrogens is 196 g/mol. The SMILES string of the molecule is Cc1cc(Cl)ncc1NC1CC(C)C1. The molecule has 0 atom stereocenters. The molecule has 14 heavy (non-hydrogen) atoms. The fourth-order valence-corrected chi connectivity index (χ4v) is 2.13. The molecule has 0 saturated heterocycles. The Morgan fingerprint density at radius 1 is 1.50 bits per heavy atom. The lowest BCUT2D eigenvalue weighted by atomic mass is 9.82. The molecule has 0 spiro atoms. The number of rotatable bonds is 2. The van der Waals surface area contributed by atoms with Gasteiger partial charge < -0.3 is 5.32 Å². The first-order valence-electron chi connectivity index (χ1n) is 5.04. The van der Waals surface area contributed by atoms with Crippen LogP contribution in [0.2, 0.25) is 5.15 Å². The van der Waals surface area contributed by atoms with Gasteiger partial charge in [-0.2, -0.15) is 0 Å². The van der Waals surface area contributed by atoms with Crippen molar-refractivity contribution in [3.05, 3.63) is 23.0 Å². The van der Waals surface area contributed by atoms with Gasteiger partial charge in [0, 0.05) is 6.04 Å². The van der Waals surface area contributed by atoms with Crippen LogP contribution in [0.1, 0.15) is 25.3 Å². The van der Waals surface area contributed by atoms with Gasteiger partial charge in [-0.3, -0.25) is 0 Å². The van der Waals surface area contributed by atoms with Gasteiger partial charge in [0.1, 0.15) is 5.15 Å². The van der Waals surface area contributed by atoms with Gasteiger partial charge in [-0.15, -0.1) is 0 Å². The quantitative estimate of drug-likeness (QED) is 0.758. The number of halogens is 1. The Balaban J connectivity index is 2.02. The molecular formula is C11H15ClN2. The summed E-state index contributed by atoms with van der Waals surface area (Å²) in [5, 5.41) is 4.05. The average molecular weight is 211 g/mol. The Bertz CT molecular complexity index is 332. The zero-order valence-electron chi connectivity index (χ0n) is 8.55. The highest BCUT2D eigenvalue weighted by Gasteiger charge is 2.25. The van der Waals surface area contributed by atoms with Crippen LogP contribution in [0.25, 0.3) is 0 Å². The van der Waals surface area contributed by atoms with E-state index in [1.807, 2.05) is 12.3 Å². The lowest BCUT2D eigenvalue weighted by Gasteiger charge is -2.34. The first kappa shape index (κ1) is 9.78. The van der Waals surface area contributed by atoms with Gasteiger partial charge in [-0.05, 0) is 37.3 Å². The van der Waals surface area contributed by atoms with Crippen LogP contribution in [-0.2, 0) is 0 Å². The molecule has 0 bridgehead atoms. The molecule has 1 N–H and O–H groups in total. The summed E-state index contributed by atoms with van der Waals surface area (Å²) in [6.45, 7) is 4.34. The van der Waals surface area contributed by atoms with Crippen molar-refractivity contribution in [3.8, 4) is 0 Å². The smallest absolute Gasteiger partial charge is 0.129 e. The molecule has 1 aliphatic rings. The van der Waals surface area contributed by atoms with Crippen molar-refractivity contribution in [1.29, 1.82) is 0 Å². The van der Waals surface area contributed by atoms with E-state index in [0.717, 1.165) is 11.6 Å². The number of nitrogens with one attached hydrogen (secondary N) is 1. The van der Waals surface area contributed by atoms with Crippen LogP contribution >= 0.6 is 11.6 Å². The molecule has 1 aromatic rings. The van der Waals surface area contributed by atoms with Gasteiger partial charge in [0.05, 0.1) is 11.9 Å². The molecule has 2 nitrogen and oxygen atoms in total.